The first-order valence-corrected chi connectivity index (χ1v) is 11.2. The van der Waals surface area contributed by atoms with Crippen molar-refractivity contribution >= 4 is 56.7 Å². The second-order valence-corrected chi connectivity index (χ2v) is 9.57. The van der Waals surface area contributed by atoms with Gasteiger partial charge in [0, 0.05) is 35.1 Å². The third kappa shape index (κ3) is 5.76. The molecule has 4 rings (SSSR count). The number of piperazine rings is 1. The van der Waals surface area contributed by atoms with Crippen LogP contribution in [0, 0.1) is 0 Å². The van der Waals surface area contributed by atoms with Crippen LogP contribution in [0.5, 0.6) is 0 Å². The highest BCUT2D eigenvalue weighted by atomic mass is 79.9. The van der Waals surface area contributed by atoms with Crippen LogP contribution in [0.3, 0.4) is 0 Å². The molecule has 1 aliphatic carbocycles. The van der Waals surface area contributed by atoms with Crippen LogP contribution < -0.4 is 5.32 Å². The van der Waals surface area contributed by atoms with E-state index in [-0.39, 0.29) is 36.5 Å². The number of fused-ring (bicyclic) bond motifs is 1. The van der Waals surface area contributed by atoms with Crippen LogP contribution in [0.15, 0.2) is 51.4 Å². The van der Waals surface area contributed by atoms with Crippen molar-refractivity contribution in [2.75, 3.05) is 32.8 Å². The van der Waals surface area contributed by atoms with Crippen molar-refractivity contribution in [3.63, 3.8) is 0 Å². The Labute approximate surface area is 203 Å². The quantitative estimate of drug-likeness (QED) is 0.512. The maximum absolute atomic E-state index is 6.51. The molecule has 1 N–H and O–H groups in total. The summed E-state index contributed by atoms with van der Waals surface area (Å²) in [5.41, 5.74) is 4.24. The number of halogens is 4. The van der Waals surface area contributed by atoms with Gasteiger partial charge in [-0.1, -0.05) is 56.1 Å². The summed E-state index contributed by atoms with van der Waals surface area (Å²) in [6.45, 7) is 7.22. The Bertz CT molecular complexity index is 770. The molecule has 0 amide bonds. The minimum atomic E-state index is 0. The second kappa shape index (κ2) is 10.9. The van der Waals surface area contributed by atoms with Crippen LogP contribution >= 0.6 is 56.7 Å². The van der Waals surface area contributed by atoms with Gasteiger partial charge in [0.25, 0.3) is 0 Å². The molecule has 1 unspecified atom stereocenters. The van der Waals surface area contributed by atoms with E-state index in [1.165, 1.54) is 16.7 Å². The maximum Gasteiger partial charge on any atom is 0.0798 e. The van der Waals surface area contributed by atoms with E-state index in [1.54, 1.807) is 0 Å². The molecule has 0 bridgehead atoms. The summed E-state index contributed by atoms with van der Waals surface area (Å²) < 4.78 is 8.66. The van der Waals surface area contributed by atoms with Gasteiger partial charge in [-0.05, 0) is 54.7 Å². The number of hydrogen-bond donors (Lipinski definition) is 1. The largest absolute Gasteiger partial charge is 0.372 e. The van der Waals surface area contributed by atoms with E-state index >= 15 is 0 Å². The highest BCUT2D eigenvalue weighted by Crippen LogP contribution is 2.37. The van der Waals surface area contributed by atoms with E-state index in [0.29, 0.717) is 0 Å². The summed E-state index contributed by atoms with van der Waals surface area (Å²) in [5, 5.41) is 3.49. The molecule has 2 aliphatic rings. The monoisotopic (exact) mass is 564 g/mol. The van der Waals surface area contributed by atoms with Gasteiger partial charge in [0.1, 0.15) is 0 Å². The van der Waals surface area contributed by atoms with Gasteiger partial charge in [-0.15, -0.1) is 24.8 Å². The Hall–Kier alpha value is -0.140. The fourth-order valence-electron chi connectivity index (χ4n) is 4.42. The number of benzene rings is 2. The molecule has 2 aromatic rings. The van der Waals surface area contributed by atoms with Crippen molar-refractivity contribution in [2.24, 2.45) is 0 Å². The Morgan fingerprint density at radius 2 is 1.55 bits per heavy atom. The Balaban J connectivity index is 0.00000150. The first-order chi connectivity index (χ1) is 13.1. The van der Waals surface area contributed by atoms with Crippen LogP contribution in [0.1, 0.15) is 29.7 Å². The zero-order valence-corrected chi connectivity index (χ0v) is 21.3. The SMILES string of the molecule is CC(OCC1(N2CCNCC2)Cc2ccccc2C1)c1cc(Br)cc(Br)c1.Cl.Cl. The summed E-state index contributed by atoms with van der Waals surface area (Å²) in [5.74, 6) is 0. The van der Waals surface area contributed by atoms with Crippen LogP contribution in [0.2, 0.25) is 0 Å². The Morgan fingerprint density at radius 3 is 2.10 bits per heavy atom. The molecule has 1 heterocycles. The van der Waals surface area contributed by atoms with Crippen molar-refractivity contribution in [3.05, 3.63) is 68.1 Å². The zero-order valence-electron chi connectivity index (χ0n) is 16.5. The molecule has 1 atom stereocenters. The fourth-order valence-corrected chi connectivity index (χ4v) is 5.75. The van der Waals surface area contributed by atoms with Gasteiger partial charge in [0.2, 0.25) is 0 Å². The highest BCUT2D eigenvalue weighted by Gasteiger charge is 2.43. The van der Waals surface area contributed by atoms with E-state index in [4.69, 9.17) is 4.74 Å². The molecule has 1 saturated heterocycles. The molecule has 0 spiro atoms. The number of rotatable bonds is 5. The molecule has 160 valence electrons. The van der Waals surface area contributed by atoms with Crippen LogP contribution in [-0.4, -0.2) is 43.2 Å². The van der Waals surface area contributed by atoms with Gasteiger partial charge in [0.15, 0.2) is 0 Å². The first kappa shape index (κ1) is 25.1. The molecule has 29 heavy (non-hydrogen) atoms. The standard InChI is InChI=1S/C22H26Br2N2O.2ClH/c1-16(19-10-20(23)12-21(24)11-19)27-15-22(26-8-6-25-7-9-26)13-17-4-2-3-5-18(17)14-22;;/h2-5,10-12,16,25H,6-9,13-15H2,1H3;2*1H. The number of nitrogens with zero attached hydrogens (tertiary/aromatic N) is 1. The molecule has 2 aromatic carbocycles. The van der Waals surface area contributed by atoms with E-state index in [1.807, 2.05) is 0 Å². The van der Waals surface area contributed by atoms with Gasteiger partial charge in [-0.25, -0.2) is 0 Å². The van der Waals surface area contributed by atoms with Crippen molar-refractivity contribution in [3.8, 4) is 0 Å². The summed E-state index contributed by atoms with van der Waals surface area (Å²) >= 11 is 7.18. The predicted molar refractivity (Wildman–Crippen MR) is 132 cm³/mol. The average molecular weight is 567 g/mol. The highest BCUT2D eigenvalue weighted by molar-refractivity contribution is 9.11. The molecule has 1 aliphatic heterocycles. The lowest BCUT2D eigenvalue weighted by atomic mass is 9.93. The van der Waals surface area contributed by atoms with Gasteiger partial charge < -0.3 is 10.1 Å². The van der Waals surface area contributed by atoms with Gasteiger partial charge in [-0.2, -0.15) is 0 Å². The normalized spacial score (nSPS) is 19.0. The summed E-state index contributed by atoms with van der Waals surface area (Å²) in [6.07, 6.45) is 2.22. The Morgan fingerprint density at radius 1 is 1.00 bits per heavy atom. The maximum atomic E-state index is 6.51. The Kier molecular flexibility index (Phi) is 9.48. The molecular weight excluding hydrogens is 539 g/mol. The predicted octanol–water partition coefficient (Wildman–Crippen LogP) is 5.58. The third-order valence-electron chi connectivity index (χ3n) is 5.90. The molecule has 0 radical (unpaired) electrons. The molecule has 0 saturated carbocycles. The topological polar surface area (TPSA) is 24.5 Å². The van der Waals surface area contributed by atoms with Gasteiger partial charge in [-0.3, -0.25) is 4.90 Å². The lowest BCUT2D eigenvalue weighted by molar-refractivity contribution is -0.0379. The minimum absolute atomic E-state index is 0. The lowest BCUT2D eigenvalue weighted by Crippen LogP contribution is -2.59. The molecule has 7 heteroatoms. The van der Waals surface area contributed by atoms with Gasteiger partial charge in [0.05, 0.1) is 18.2 Å². The summed E-state index contributed by atoms with van der Waals surface area (Å²) in [4.78, 5) is 2.66. The van der Waals surface area contributed by atoms with E-state index in [9.17, 15) is 0 Å². The lowest BCUT2D eigenvalue weighted by Gasteiger charge is -2.44. The minimum Gasteiger partial charge on any atom is -0.372 e. The first-order valence-electron chi connectivity index (χ1n) is 9.66. The van der Waals surface area contributed by atoms with Crippen molar-refractivity contribution in [1.29, 1.82) is 0 Å². The molecular formula is C22H28Br2Cl2N2O. The number of nitrogens with one attached hydrogen (secondary N) is 1. The van der Waals surface area contributed by atoms with Crippen molar-refractivity contribution in [2.45, 2.75) is 31.4 Å². The molecule has 0 aromatic heterocycles. The number of ether oxygens (including phenoxy) is 1. The fraction of sp³-hybridized carbons (Fsp3) is 0.455. The average Bonchev–Trinajstić information content (AvgIpc) is 3.06. The van der Waals surface area contributed by atoms with Crippen LogP contribution in [0.25, 0.3) is 0 Å². The number of hydrogen-bond acceptors (Lipinski definition) is 3. The smallest absolute Gasteiger partial charge is 0.0798 e. The van der Waals surface area contributed by atoms with Crippen molar-refractivity contribution in [1.82, 2.24) is 10.2 Å². The summed E-state index contributed by atoms with van der Waals surface area (Å²) in [7, 11) is 0. The van der Waals surface area contributed by atoms with Crippen LogP contribution in [0.4, 0.5) is 0 Å². The van der Waals surface area contributed by atoms with Crippen LogP contribution in [-0.2, 0) is 17.6 Å². The molecule has 3 nitrogen and oxygen atoms in total. The van der Waals surface area contributed by atoms with Crippen molar-refractivity contribution < 1.29 is 4.74 Å². The third-order valence-corrected chi connectivity index (χ3v) is 6.82. The second-order valence-electron chi connectivity index (χ2n) is 7.74. The summed E-state index contributed by atoms with van der Waals surface area (Å²) in [6, 6.07) is 15.3. The molecule has 1 fully saturated rings. The zero-order chi connectivity index (χ0) is 18.9. The van der Waals surface area contributed by atoms with E-state index < -0.39 is 0 Å². The van der Waals surface area contributed by atoms with E-state index in [2.05, 4.69) is 91.5 Å². The van der Waals surface area contributed by atoms with E-state index in [0.717, 1.165) is 54.6 Å². The van der Waals surface area contributed by atoms with Gasteiger partial charge >= 0.3 is 0 Å².